The Morgan fingerprint density at radius 3 is 2.70 bits per heavy atom. The van der Waals surface area contributed by atoms with E-state index in [0.29, 0.717) is 13.1 Å². The second-order valence-electron chi connectivity index (χ2n) is 5.20. The minimum Gasteiger partial charge on any atom is -0.389 e. The van der Waals surface area contributed by atoms with Crippen molar-refractivity contribution >= 4 is 5.91 Å². The summed E-state index contributed by atoms with van der Waals surface area (Å²) in [6.07, 6.45) is 0.738. The average Bonchev–Trinajstić information content (AvgIpc) is 2.94. The molecular weight excluding hydrogens is 256 g/mol. The molecule has 1 amide bonds. The molecule has 2 rings (SSSR count). The largest absolute Gasteiger partial charge is 0.389 e. The molecule has 0 bridgehead atoms. The Labute approximate surface area is 119 Å². The van der Waals surface area contributed by atoms with Gasteiger partial charge in [0, 0.05) is 13.1 Å². The van der Waals surface area contributed by atoms with Gasteiger partial charge in [0.1, 0.15) is 6.10 Å². The molecule has 5 heteroatoms. The van der Waals surface area contributed by atoms with Crippen LogP contribution in [0, 0.1) is 0 Å². The summed E-state index contributed by atoms with van der Waals surface area (Å²) in [5.74, 6) is -0.0828. The monoisotopic (exact) mass is 278 g/mol. The third-order valence-electron chi connectivity index (χ3n) is 3.59. The molecule has 4 N–H and O–H groups in total. The van der Waals surface area contributed by atoms with Crippen molar-refractivity contribution in [3.05, 3.63) is 35.4 Å². The van der Waals surface area contributed by atoms with Crippen molar-refractivity contribution in [3.63, 3.8) is 0 Å². The number of benzene rings is 1. The molecule has 1 aromatic rings. The Balaban J connectivity index is 1.81. The maximum absolute atomic E-state index is 11.9. The van der Waals surface area contributed by atoms with Gasteiger partial charge in [0.05, 0.1) is 12.2 Å². The number of aliphatic hydroxyl groups is 1. The summed E-state index contributed by atoms with van der Waals surface area (Å²) in [7, 11) is 0. The van der Waals surface area contributed by atoms with E-state index < -0.39 is 6.10 Å². The van der Waals surface area contributed by atoms with Crippen molar-refractivity contribution in [2.24, 2.45) is 5.73 Å². The Bertz CT molecular complexity index is 445. The van der Waals surface area contributed by atoms with Gasteiger partial charge in [0.25, 0.3) is 0 Å². The van der Waals surface area contributed by atoms with Crippen LogP contribution < -0.4 is 11.1 Å². The highest BCUT2D eigenvalue weighted by molar-refractivity contribution is 5.81. The standard InChI is InChI=1S/C15H22N2O3/c1-10(18)12-4-2-11(3-5-12)9-17-15(19)14-7-6-13(8-16)20-14/h2-5,10,13-14,18H,6-9,16H2,1H3,(H,17,19)/t10?,13-,14+/m1/s1. The number of hydrogen-bond acceptors (Lipinski definition) is 4. The van der Waals surface area contributed by atoms with E-state index in [4.69, 9.17) is 10.5 Å². The molecule has 1 aliphatic heterocycles. The van der Waals surface area contributed by atoms with Gasteiger partial charge < -0.3 is 20.9 Å². The van der Waals surface area contributed by atoms with E-state index in [1.807, 2.05) is 24.3 Å². The fraction of sp³-hybridized carbons (Fsp3) is 0.533. The highest BCUT2D eigenvalue weighted by Crippen LogP contribution is 2.19. The van der Waals surface area contributed by atoms with Crippen LogP contribution in [-0.4, -0.2) is 29.8 Å². The third-order valence-corrected chi connectivity index (χ3v) is 3.59. The molecule has 0 radical (unpaired) electrons. The number of hydrogen-bond donors (Lipinski definition) is 3. The topological polar surface area (TPSA) is 84.6 Å². The minimum atomic E-state index is -0.473. The zero-order valence-corrected chi connectivity index (χ0v) is 11.7. The highest BCUT2D eigenvalue weighted by Gasteiger charge is 2.29. The number of amides is 1. The Hall–Kier alpha value is -1.43. The molecule has 5 nitrogen and oxygen atoms in total. The molecule has 3 atom stereocenters. The smallest absolute Gasteiger partial charge is 0.249 e. The average molecular weight is 278 g/mol. The summed E-state index contributed by atoms with van der Waals surface area (Å²) < 4.78 is 5.54. The summed E-state index contributed by atoms with van der Waals surface area (Å²) in [6.45, 7) is 2.65. The van der Waals surface area contributed by atoms with E-state index in [-0.39, 0.29) is 18.1 Å². The lowest BCUT2D eigenvalue weighted by molar-refractivity contribution is -0.132. The van der Waals surface area contributed by atoms with Gasteiger partial charge >= 0.3 is 0 Å². The molecule has 1 fully saturated rings. The molecule has 20 heavy (non-hydrogen) atoms. The van der Waals surface area contributed by atoms with Crippen molar-refractivity contribution in [1.82, 2.24) is 5.32 Å². The van der Waals surface area contributed by atoms with Gasteiger partial charge in [-0.3, -0.25) is 4.79 Å². The fourth-order valence-electron chi connectivity index (χ4n) is 2.29. The van der Waals surface area contributed by atoms with Gasteiger partial charge in [-0.25, -0.2) is 0 Å². The number of nitrogens with one attached hydrogen (secondary N) is 1. The van der Waals surface area contributed by atoms with Gasteiger partial charge in [-0.05, 0) is 30.9 Å². The molecule has 0 saturated carbocycles. The number of ether oxygens (including phenoxy) is 1. The zero-order chi connectivity index (χ0) is 14.5. The van der Waals surface area contributed by atoms with Crippen molar-refractivity contribution in [2.75, 3.05) is 6.54 Å². The van der Waals surface area contributed by atoms with Gasteiger partial charge in [0.15, 0.2) is 0 Å². The number of rotatable bonds is 5. The molecule has 1 aromatic carbocycles. The predicted octanol–water partition coefficient (Wildman–Crippen LogP) is 0.862. The highest BCUT2D eigenvalue weighted by atomic mass is 16.5. The number of carbonyl (C=O) groups is 1. The lowest BCUT2D eigenvalue weighted by atomic mass is 10.1. The molecule has 0 aromatic heterocycles. The maximum Gasteiger partial charge on any atom is 0.249 e. The summed E-state index contributed by atoms with van der Waals surface area (Å²) in [5, 5.41) is 12.3. The van der Waals surface area contributed by atoms with E-state index >= 15 is 0 Å². The molecule has 1 unspecified atom stereocenters. The van der Waals surface area contributed by atoms with Crippen molar-refractivity contribution in [1.29, 1.82) is 0 Å². The normalized spacial score (nSPS) is 23.6. The van der Waals surface area contributed by atoms with Crippen LogP contribution in [0.2, 0.25) is 0 Å². The molecule has 110 valence electrons. The predicted molar refractivity (Wildman–Crippen MR) is 75.9 cm³/mol. The minimum absolute atomic E-state index is 0.0103. The van der Waals surface area contributed by atoms with Crippen LogP contribution in [0.1, 0.15) is 37.0 Å². The van der Waals surface area contributed by atoms with Crippen molar-refractivity contribution in [2.45, 2.75) is 44.6 Å². The van der Waals surface area contributed by atoms with Gasteiger partial charge in [-0.2, -0.15) is 0 Å². The number of nitrogens with two attached hydrogens (primary N) is 1. The molecule has 1 aliphatic rings. The molecule has 1 saturated heterocycles. The Morgan fingerprint density at radius 2 is 2.15 bits per heavy atom. The molecular formula is C15H22N2O3. The van der Waals surface area contributed by atoms with Gasteiger partial charge in [-0.15, -0.1) is 0 Å². The van der Waals surface area contributed by atoms with E-state index in [1.54, 1.807) is 6.92 Å². The lowest BCUT2D eigenvalue weighted by Gasteiger charge is -2.13. The van der Waals surface area contributed by atoms with Crippen LogP contribution in [-0.2, 0) is 16.1 Å². The lowest BCUT2D eigenvalue weighted by Crippen LogP contribution is -2.35. The van der Waals surface area contributed by atoms with Crippen LogP contribution in [0.4, 0.5) is 0 Å². The summed E-state index contributed by atoms with van der Waals surface area (Å²) in [6, 6.07) is 7.53. The van der Waals surface area contributed by atoms with Crippen molar-refractivity contribution < 1.29 is 14.6 Å². The van der Waals surface area contributed by atoms with E-state index in [2.05, 4.69) is 5.32 Å². The molecule has 0 aliphatic carbocycles. The van der Waals surface area contributed by atoms with E-state index in [0.717, 1.165) is 24.0 Å². The Morgan fingerprint density at radius 1 is 1.45 bits per heavy atom. The second-order valence-corrected chi connectivity index (χ2v) is 5.20. The first-order chi connectivity index (χ1) is 9.60. The quantitative estimate of drug-likeness (QED) is 0.746. The zero-order valence-electron chi connectivity index (χ0n) is 11.7. The summed E-state index contributed by atoms with van der Waals surface area (Å²) >= 11 is 0. The summed E-state index contributed by atoms with van der Waals surface area (Å²) in [5.41, 5.74) is 7.38. The fourth-order valence-corrected chi connectivity index (χ4v) is 2.29. The van der Waals surface area contributed by atoms with Crippen LogP contribution in [0.15, 0.2) is 24.3 Å². The molecule has 0 spiro atoms. The van der Waals surface area contributed by atoms with Crippen LogP contribution in [0.25, 0.3) is 0 Å². The number of carbonyl (C=O) groups excluding carboxylic acids is 1. The SMILES string of the molecule is CC(O)c1ccc(CNC(=O)[C@@H]2CC[C@H](CN)O2)cc1. The van der Waals surface area contributed by atoms with Gasteiger partial charge in [0.2, 0.25) is 5.91 Å². The van der Waals surface area contributed by atoms with Crippen LogP contribution in [0.5, 0.6) is 0 Å². The third kappa shape index (κ3) is 3.79. The first kappa shape index (κ1) is 15.0. The molecule has 1 heterocycles. The second kappa shape index (κ2) is 6.83. The van der Waals surface area contributed by atoms with Crippen LogP contribution >= 0.6 is 0 Å². The first-order valence-electron chi connectivity index (χ1n) is 7.00. The maximum atomic E-state index is 11.9. The Kier molecular flexibility index (Phi) is 5.11. The van der Waals surface area contributed by atoms with Crippen molar-refractivity contribution in [3.8, 4) is 0 Å². The number of aliphatic hydroxyl groups excluding tert-OH is 1. The summed E-state index contributed by atoms with van der Waals surface area (Å²) in [4.78, 5) is 11.9. The van der Waals surface area contributed by atoms with E-state index in [9.17, 15) is 9.90 Å². The first-order valence-corrected chi connectivity index (χ1v) is 7.00. The van der Waals surface area contributed by atoms with Crippen LogP contribution in [0.3, 0.4) is 0 Å². The van der Waals surface area contributed by atoms with E-state index in [1.165, 1.54) is 0 Å². The van der Waals surface area contributed by atoms with Gasteiger partial charge in [-0.1, -0.05) is 24.3 Å².